The Morgan fingerprint density at radius 3 is 1.57 bits per heavy atom. The van der Waals surface area contributed by atoms with Crippen molar-refractivity contribution in [1.29, 1.82) is 0 Å². The van der Waals surface area contributed by atoms with Gasteiger partial charge in [-0.15, -0.1) is 0 Å². The van der Waals surface area contributed by atoms with Crippen LogP contribution in [0.5, 0.6) is 0 Å². The van der Waals surface area contributed by atoms with E-state index in [-0.39, 0.29) is 5.95 Å². The van der Waals surface area contributed by atoms with Crippen molar-refractivity contribution in [3.8, 4) is 0 Å². The molecule has 14 heavy (non-hydrogen) atoms. The van der Waals surface area contributed by atoms with Gasteiger partial charge in [-0.2, -0.15) is 0 Å². The van der Waals surface area contributed by atoms with Gasteiger partial charge in [0.15, 0.2) is 0 Å². The first-order valence-electron chi connectivity index (χ1n) is 3.90. The molecule has 0 aliphatic carbocycles. The third kappa shape index (κ3) is 1.37. The van der Waals surface area contributed by atoms with Gasteiger partial charge in [-0.1, -0.05) is 0 Å². The highest BCUT2D eigenvalue weighted by Gasteiger charge is 2.17. The Morgan fingerprint density at radius 1 is 0.857 bits per heavy atom. The third-order valence-electron chi connectivity index (χ3n) is 1.77. The first-order valence-corrected chi connectivity index (χ1v) is 3.90. The maximum Gasteiger partial charge on any atom is 0.345 e. The lowest BCUT2D eigenvalue weighted by Gasteiger charge is -2.03. The van der Waals surface area contributed by atoms with Crippen LogP contribution in [0.25, 0.3) is 0 Å². The summed E-state index contributed by atoms with van der Waals surface area (Å²) in [4.78, 5) is 22.5. The Bertz CT molecular complexity index is 377. The molecule has 0 amide bonds. The van der Waals surface area contributed by atoms with Gasteiger partial charge in [0.2, 0.25) is 0 Å². The molecular weight excluding hydrogens is 184 g/mol. The predicted molar refractivity (Wildman–Crippen MR) is 46.4 cm³/mol. The minimum atomic E-state index is -0.587. The molecule has 1 aromatic rings. The van der Waals surface area contributed by atoms with E-state index in [0.717, 1.165) is 0 Å². The Hall–Kier alpha value is -2.10. The molecule has 2 heterocycles. The van der Waals surface area contributed by atoms with Gasteiger partial charge in [-0.05, 0) is 30.8 Å². The van der Waals surface area contributed by atoms with Gasteiger partial charge in [0.25, 0.3) is 5.95 Å². The van der Waals surface area contributed by atoms with Crippen LogP contribution in [0.15, 0.2) is 36.8 Å². The second kappa shape index (κ2) is 2.99. The van der Waals surface area contributed by atoms with Crippen molar-refractivity contribution in [3.05, 3.63) is 47.9 Å². The normalized spacial score (nSPS) is 15.3. The second-order valence-corrected chi connectivity index (χ2v) is 2.73. The zero-order chi connectivity index (χ0) is 10.1. The van der Waals surface area contributed by atoms with E-state index in [1.165, 1.54) is 24.3 Å². The molecule has 2 aliphatic rings. The Labute approximate surface area is 79.7 Å². The van der Waals surface area contributed by atoms with Crippen LogP contribution in [0.3, 0.4) is 0 Å². The van der Waals surface area contributed by atoms with Gasteiger partial charge in [0.05, 0.1) is 11.1 Å². The molecule has 2 aliphatic heterocycles. The van der Waals surface area contributed by atoms with Crippen molar-refractivity contribution in [2.45, 2.75) is 0 Å². The van der Waals surface area contributed by atoms with Crippen molar-refractivity contribution in [1.82, 2.24) is 0 Å². The zero-order valence-electron chi connectivity index (χ0n) is 7.15. The lowest BCUT2D eigenvalue weighted by atomic mass is 10.1. The van der Waals surface area contributed by atoms with E-state index in [0.29, 0.717) is 11.1 Å². The highest BCUT2D eigenvalue weighted by atomic mass is 16.7. The molecule has 0 fully saturated rings. The number of hydrogen-bond acceptors (Lipinski definition) is 4. The van der Waals surface area contributed by atoms with Crippen LogP contribution < -0.4 is 0 Å². The minimum Gasteiger partial charge on any atom is -0.389 e. The summed E-state index contributed by atoms with van der Waals surface area (Å²) in [5.41, 5.74) is 0.710. The quantitative estimate of drug-likeness (QED) is 0.581. The summed E-state index contributed by atoms with van der Waals surface area (Å²) >= 11 is 0. The summed E-state index contributed by atoms with van der Waals surface area (Å²) in [6, 6.07) is 5.99. The molecule has 0 radical (unpaired) electrons. The first kappa shape index (κ1) is 8.50. The average Bonchev–Trinajstić information content (AvgIpc) is 2.23. The summed E-state index contributed by atoms with van der Waals surface area (Å²) in [5, 5.41) is 0. The summed E-state index contributed by atoms with van der Waals surface area (Å²) in [6.45, 7) is 3.29. The van der Waals surface area contributed by atoms with E-state index in [2.05, 4.69) is 16.1 Å². The lowest BCUT2D eigenvalue weighted by molar-refractivity contribution is 0.0247. The molecule has 70 valence electrons. The van der Waals surface area contributed by atoms with Crippen molar-refractivity contribution >= 4 is 11.9 Å². The minimum absolute atomic E-state index is 0.303. The largest absolute Gasteiger partial charge is 0.389 e. The van der Waals surface area contributed by atoms with Crippen LogP contribution in [-0.4, -0.2) is 11.9 Å². The zero-order valence-corrected chi connectivity index (χ0v) is 7.15. The lowest BCUT2D eigenvalue weighted by Crippen LogP contribution is -2.07. The molecule has 1 aromatic carbocycles. The number of ether oxygens (including phenoxy) is 2. The molecule has 0 N–H and O–H groups in total. The van der Waals surface area contributed by atoms with Crippen LogP contribution in [0.4, 0.5) is 0 Å². The van der Waals surface area contributed by atoms with E-state index in [1.807, 2.05) is 0 Å². The number of benzene rings is 1. The second-order valence-electron chi connectivity index (χ2n) is 2.73. The Balaban J connectivity index is 2.50. The van der Waals surface area contributed by atoms with Gasteiger partial charge in [-0.25, -0.2) is 9.59 Å². The van der Waals surface area contributed by atoms with Gasteiger partial charge < -0.3 is 9.47 Å². The highest BCUT2D eigenvalue weighted by molar-refractivity contribution is 5.95. The fourth-order valence-electron chi connectivity index (χ4n) is 1.09. The van der Waals surface area contributed by atoms with Gasteiger partial charge in [0.1, 0.15) is 0 Å². The number of hydrogen-bond donors (Lipinski definition) is 0. The number of carbonyl (C=O) groups is 2. The van der Waals surface area contributed by atoms with Crippen molar-refractivity contribution in [2.24, 2.45) is 0 Å². The molecular formula is C10H6O4. The molecule has 0 saturated carbocycles. The number of fused-ring (bicyclic) bond motifs is 6. The van der Waals surface area contributed by atoms with Crippen molar-refractivity contribution in [2.75, 3.05) is 0 Å². The van der Waals surface area contributed by atoms with E-state index in [4.69, 9.17) is 0 Å². The monoisotopic (exact) mass is 190 g/mol. The van der Waals surface area contributed by atoms with Crippen LogP contribution in [0, 0.1) is 0 Å². The van der Waals surface area contributed by atoms with Crippen LogP contribution in [0.1, 0.15) is 20.7 Å². The molecule has 0 spiro atoms. The molecule has 4 nitrogen and oxygen atoms in total. The van der Waals surface area contributed by atoms with Gasteiger partial charge in [-0.3, -0.25) is 0 Å². The van der Waals surface area contributed by atoms with Crippen molar-refractivity contribution in [3.63, 3.8) is 0 Å². The molecule has 0 unspecified atom stereocenters. The SMILES string of the molecule is C=C1OC(=O)c2ccc(cc2)C(=O)O1. The Morgan fingerprint density at radius 2 is 1.21 bits per heavy atom. The van der Waals surface area contributed by atoms with E-state index < -0.39 is 11.9 Å². The molecule has 0 saturated heterocycles. The summed E-state index contributed by atoms with van der Waals surface area (Å²) in [5.74, 6) is -1.48. The molecule has 0 aromatic heterocycles. The first-order chi connectivity index (χ1) is 6.66. The standard InChI is InChI=1S/C10H6O4/c1-6-13-9(11)7-2-3-8(5-4-7)10(12)14-6/h2-5H,1H2. The van der Waals surface area contributed by atoms with Gasteiger partial charge in [0, 0.05) is 0 Å². The molecule has 3 rings (SSSR count). The summed E-state index contributed by atoms with van der Waals surface area (Å²) in [6.07, 6.45) is 0. The van der Waals surface area contributed by atoms with Crippen LogP contribution >= 0.6 is 0 Å². The number of rotatable bonds is 0. The van der Waals surface area contributed by atoms with Crippen LogP contribution in [0.2, 0.25) is 0 Å². The fraction of sp³-hybridized carbons (Fsp3) is 0. The topological polar surface area (TPSA) is 52.6 Å². The number of esters is 2. The molecule has 0 atom stereocenters. The highest BCUT2D eigenvalue weighted by Crippen LogP contribution is 2.14. The van der Waals surface area contributed by atoms with E-state index >= 15 is 0 Å². The predicted octanol–water partition coefficient (Wildman–Crippen LogP) is 1.49. The molecule has 2 bridgehead atoms. The fourth-order valence-corrected chi connectivity index (χ4v) is 1.09. The van der Waals surface area contributed by atoms with Crippen LogP contribution in [-0.2, 0) is 9.47 Å². The smallest absolute Gasteiger partial charge is 0.345 e. The van der Waals surface area contributed by atoms with E-state index in [9.17, 15) is 9.59 Å². The maximum absolute atomic E-state index is 11.3. The number of carbonyl (C=O) groups excluding carboxylic acids is 2. The van der Waals surface area contributed by atoms with Crippen molar-refractivity contribution < 1.29 is 19.1 Å². The summed E-state index contributed by atoms with van der Waals surface area (Å²) in [7, 11) is 0. The third-order valence-corrected chi connectivity index (χ3v) is 1.77. The average molecular weight is 190 g/mol. The van der Waals surface area contributed by atoms with E-state index in [1.54, 1.807) is 0 Å². The molecule has 4 heteroatoms. The summed E-state index contributed by atoms with van der Waals surface area (Å²) < 4.78 is 9.28. The Kier molecular flexibility index (Phi) is 1.81. The van der Waals surface area contributed by atoms with Gasteiger partial charge >= 0.3 is 11.9 Å². The maximum atomic E-state index is 11.3.